The largest absolute Gasteiger partial charge is 0.383 e. The van der Waals surface area contributed by atoms with E-state index in [1.165, 1.54) is 6.07 Å². The van der Waals surface area contributed by atoms with Gasteiger partial charge in [0.05, 0.1) is 11.5 Å². The third-order valence-electron chi connectivity index (χ3n) is 2.76. The van der Waals surface area contributed by atoms with Crippen LogP contribution in [0, 0.1) is 10.1 Å². The van der Waals surface area contributed by atoms with E-state index in [1.807, 2.05) is 11.8 Å². The van der Waals surface area contributed by atoms with Crippen LogP contribution in [0.15, 0.2) is 18.2 Å². The number of nitrogens with one attached hydrogen (secondary N) is 1. The number of nitro benzene ring substituents is 1. The highest BCUT2D eigenvalue weighted by Gasteiger charge is 2.14. The van der Waals surface area contributed by atoms with Crippen LogP contribution in [-0.4, -0.2) is 35.9 Å². The van der Waals surface area contributed by atoms with Crippen molar-refractivity contribution in [3.05, 3.63) is 33.9 Å². The van der Waals surface area contributed by atoms with E-state index < -0.39 is 10.8 Å². The number of primary amides is 1. The summed E-state index contributed by atoms with van der Waals surface area (Å²) in [4.78, 5) is 23.1. The summed E-state index contributed by atoms with van der Waals surface area (Å²) in [5.41, 5.74) is 6.54. The second-order valence-electron chi connectivity index (χ2n) is 4.13. The van der Waals surface area contributed by atoms with Gasteiger partial charge in [-0.3, -0.25) is 19.8 Å². The third kappa shape index (κ3) is 4.22. The molecule has 0 spiro atoms. The van der Waals surface area contributed by atoms with Gasteiger partial charge in [-0.05, 0) is 18.2 Å². The molecule has 0 heterocycles. The van der Waals surface area contributed by atoms with E-state index in [-0.39, 0.29) is 12.2 Å². The van der Waals surface area contributed by atoms with Crippen molar-refractivity contribution in [3.8, 4) is 0 Å². The minimum absolute atomic E-state index is 0.0317. The molecule has 3 N–H and O–H groups in total. The van der Waals surface area contributed by atoms with E-state index in [9.17, 15) is 14.9 Å². The number of hydrogen-bond acceptors (Lipinski definition) is 5. The van der Waals surface area contributed by atoms with Crippen molar-refractivity contribution in [1.29, 1.82) is 0 Å². The molecule has 1 aromatic rings. The number of benzene rings is 1. The smallest absolute Gasteiger partial charge is 0.292 e. The van der Waals surface area contributed by atoms with E-state index in [0.29, 0.717) is 18.8 Å². The fraction of sp³-hybridized carbons (Fsp3) is 0.417. The Hall–Kier alpha value is -2.15. The molecule has 0 radical (unpaired) electrons. The summed E-state index contributed by atoms with van der Waals surface area (Å²) >= 11 is 0. The SMILES string of the molecule is CCN(CC(N)=O)Cc1ccc([N+](=O)[O-])c(NC)c1. The minimum Gasteiger partial charge on any atom is -0.383 e. The first-order valence-electron chi connectivity index (χ1n) is 5.93. The van der Waals surface area contributed by atoms with Crippen molar-refractivity contribution in [3.63, 3.8) is 0 Å². The molecule has 0 saturated heterocycles. The van der Waals surface area contributed by atoms with Gasteiger partial charge in [0.1, 0.15) is 5.69 Å². The second-order valence-corrected chi connectivity index (χ2v) is 4.13. The van der Waals surface area contributed by atoms with Gasteiger partial charge in [0.2, 0.25) is 5.91 Å². The molecule has 0 aliphatic carbocycles. The predicted octanol–water partition coefficient (Wildman–Crippen LogP) is 0.944. The number of rotatable bonds is 7. The van der Waals surface area contributed by atoms with Crippen LogP contribution in [0.5, 0.6) is 0 Å². The first-order valence-corrected chi connectivity index (χ1v) is 5.93. The second kappa shape index (κ2) is 6.69. The van der Waals surface area contributed by atoms with E-state index in [2.05, 4.69) is 5.32 Å². The van der Waals surface area contributed by atoms with Gasteiger partial charge in [0, 0.05) is 19.7 Å². The standard InChI is InChI=1S/C12H18N4O3/c1-3-15(8-12(13)17)7-9-4-5-11(16(18)19)10(6-9)14-2/h4-6,14H,3,7-8H2,1-2H3,(H2,13,17). The first kappa shape index (κ1) is 14.9. The quantitative estimate of drug-likeness (QED) is 0.565. The average molecular weight is 266 g/mol. The highest BCUT2D eigenvalue weighted by molar-refractivity contribution is 5.75. The summed E-state index contributed by atoms with van der Waals surface area (Å²) < 4.78 is 0. The van der Waals surface area contributed by atoms with Gasteiger partial charge < -0.3 is 11.1 Å². The normalized spacial score (nSPS) is 10.5. The number of likely N-dealkylation sites (N-methyl/N-ethyl adjacent to an activating group) is 1. The lowest BCUT2D eigenvalue weighted by Gasteiger charge is -2.18. The lowest BCUT2D eigenvalue weighted by atomic mass is 10.1. The van der Waals surface area contributed by atoms with Crippen LogP contribution >= 0.6 is 0 Å². The lowest BCUT2D eigenvalue weighted by molar-refractivity contribution is -0.384. The zero-order chi connectivity index (χ0) is 14.4. The Labute approximate surface area is 111 Å². The van der Waals surface area contributed by atoms with Gasteiger partial charge >= 0.3 is 0 Å². The number of amides is 1. The number of nitrogens with zero attached hydrogens (tertiary/aromatic N) is 2. The van der Waals surface area contributed by atoms with Crippen molar-refractivity contribution in [2.75, 3.05) is 25.5 Å². The monoisotopic (exact) mass is 266 g/mol. The summed E-state index contributed by atoms with van der Waals surface area (Å²) in [6.45, 7) is 3.29. The molecular weight excluding hydrogens is 248 g/mol. The molecule has 1 rings (SSSR count). The number of anilines is 1. The molecule has 0 aromatic heterocycles. The highest BCUT2D eigenvalue weighted by atomic mass is 16.6. The topological polar surface area (TPSA) is 102 Å². The van der Waals surface area contributed by atoms with Gasteiger partial charge in [0.25, 0.3) is 5.69 Å². The molecule has 0 saturated carbocycles. The zero-order valence-corrected chi connectivity index (χ0v) is 11.0. The van der Waals surface area contributed by atoms with Crippen LogP contribution in [0.1, 0.15) is 12.5 Å². The molecule has 7 nitrogen and oxygen atoms in total. The molecule has 1 aromatic carbocycles. The summed E-state index contributed by atoms with van der Waals surface area (Å²) in [6, 6.07) is 4.85. The van der Waals surface area contributed by atoms with Crippen molar-refractivity contribution < 1.29 is 9.72 Å². The van der Waals surface area contributed by atoms with Crippen LogP contribution in [0.4, 0.5) is 11.4 Å². The van der Waals surface area contributed by atoms with E-state index >= 15 is 0 Å². The van der Waals surface area contributed by atoms with Crippen molar-refractivity contribution in [2.45, 2.75) is 13.5 Å². The highest BCUT2D eigenvalue weighted by Crippen LogP contribution is 2.25. The van der Waals surface area contributed by atoms with Crippen LogP contribution in [0.3, 0.4) is 0 Å². The van der Waals surface area contributed by atoms with Gasteiger partial charge in [-0.2, -0.15) is 0 Å². The molecule has 7 heteroatoms. The molecule has 0 unspecified atom stereocenters. The Morgan fingerprint density at radius 1 is 1.53 bits per heavy atom. The van der Waals surface area contributed by atoms with Gasteiger partial charge in [-0.15, -0.1) is 0 Å². The summed E-state index contributed by atoms with van der Waals surface area (Å²) in [7, 11) is 1.63. The number of nitrogens with two attached hydrogens (primary N) is 1. The van der Waals surface area contributed by atoms with Crippen LogP contribution in [0.2, 0.25) is 0 Å². The Balaban J connectivity index is 2.90. The Morgan fingerprint density at radius 3 is 2.68 bits per heavy atom. The third-order valence-corrected chi connectivity index (χ3v) is 2.76. The van der Waals surface area contributed by atoms with Crippen molar-refractivity contribution in [2.24, 2.45) is 5.73 Å². The zero-order valence-electron chi connectivity index (χ0n) is 11.0. The van der Waals surface area contributed by atoms with E-state index in [4.69, 9.17) is 5.73 Å². The molecule has 0 aliphatic rings. The number of carbonyl (C=O) groups is 1. The summed E-state index contributed by atoms with van der Waals surface area (Å²) in [5, 5.41) is 13.6. The number of carbonyl (C=O) groups excluding carboxylic acids is 1. The van der Waals surface area contributed by atoms with E-state index in [0.717, 1.165) is 5.56 Å². The maximum atomic E-state index is 10.9. The maximum absolute atomic E-state index is 10.9. The van der Waals surface area contributed by atoms with Gasteiger partial charge in [-0.25, -0.2) is 0 Å². The van der Waals surface area contributed by atoms with Crippen LogP contribution in [0.25, 0.3) is 0 Å². The van der Waals surface area contributed by atoms with E-state index in [1.54, 1.807) is 19.2 Å². The molecule has 1 amide bonds. The van der Waals surface area contributed by atoms with Crippen LogP contribution in [-0.2, 0) is 11.3 Å². The maximum Gasteiger partial charge on any atom is 0.292 e. The summed E-state index contributed by atoms with van der Waals surface area (Å²) in [5.74, 6) is -0.391. The molecule has 19 heavy (non-hydrogen) atoms. The molecular formula is C12H18N4O3. The summed E-state index contributed by atoms with van der Waals surface area (Å²) in [6.07, 6.45) is 0. The van der Waals surface area contributed by atoms with Crippen LogP contribution < -0.4 is 11.1 Å². The Morgan fingerprint density at radius 2 is 2.21 bits per heavy atom. The van der Waals surface area contributed by atoms with Crippen molar-refractivity contribution in [1.82, 2.24) is 4.90 Å². The van der Waals surface area contributed by atoms with Crippen molar-refractivity contribution >= 4 is 17.3 Å². The lowest BCUT2D eigenvalue weighted by Crippen LogP contribution is -2.33. The average Bonchev–Trinajstić information content (AvgIpc) is 2.36. The molecule has 0 bridgehead atoms. The Bertz CT molecular complexity index is 476. The fourth-order valence-corrected chi connectivity index (χ4v) is 1.80. The molecule has 0 atom stereocenters. The molecule has 0 fully saturated rings. The predicted molar refractivity (Wildman–Crippen MR) is 72.8 cm³/mol. The van der Waals surface area contributed by atoms with Gasteiger partial charge in [-0.1, -0.05) is 13.0 Å². The number of hydrogen-bond donors (Lipinski definition) is 2. The number of nitro groups is 1. The molecule has 104 valence electrons. The van der Waals surface area contributed by atoms with Gasteiger partial charge in [0.15, 0.2) is 0 Å². The Kier molecular flexibility index (Phi) is 5.25. The first-order chi connectivity index (χ1) is 8.97. The minimum atomic E-state index is -0.434. The fourth-order valence-electron chi connectivity index (χ4n) is 1.80. The molecule has 0 aliphatic heterocycles.